The van der Waals surface area contributed by atoms with Crippen LogP contribution in [0.1, 0.15) is 30.7 Å². The molecular formula is C12H20ClNO2S2. The number of rotatable bonds is 6. The second-order valence-electron chi connectivity index (χ2n) is 4.60. The molecule has 0 aliphatic heterocycles. The second-order valence-corrected chi connectivity index (χ2v) is 7.82. The molecule has 0 radical (unpaired) electrons. The normalized spacial score (nSPS) is 14.1. The van der Waals surface area contributed by atoms with Crippen LogP contribution < -0.4 is 0 Å². The van der Waals surface area contributed by atoms with Crippen LogP contribution in [0, 0.1) is 12.8 Å². The highest BCUT2D eigenvalue weighted by atomic mass is 35.5. The van der Waals surface area contributed by atoms with Gasteiger partial charge in [0.05, 0.1) is 5.88 Å². The molecule has 6 heteroatoms. The van der Waals surface area contributed by atoms with Crippen molar-refractivity contribution in [2.24, 2.45) is 5.92 Å². The molecule has 0 N–H and O–H groups in total. The van der Waals surface area contributed by atoms with Gasteiger partial charge in [0.2, 0.25) is 10.0 Å². The van der Waals surface area contributed by atoms with Gasteiger partial charge in [0, 0.05) is 18.5 Å². The third-order valence-corrected chi connectivity index (χ3v) is 6.76. The van der Waals surface area contributed by atoms with Crippen LogP contribution in [0.2, 0.25) is 0 Å². The van der Waals surface area contributed by atoms with E-state index in [9.17, 15) is 8.42 Å². The van der Waals surface area contributed by atoms with E-state index >= 15 is 0 Å². The first kappa shape index (κ1) is 16.0. The summed E-state index contributed by atoms with van der Waals surface area (Å²) in [6, 6.07) is 0. The number of nitrogens with zero attached hydrogens (tertiary/aromatic N) is 1. The highest BCUT2D eigenvalue weighted by Gasteiger charge is 2.27. The second kappa shape index (κ2) is 6.37. The third-order valence-electron chi connectivity index (χ3n) is 3.04. The predicted octanol–water partition coefficient (Wildman–Crippen LogP) is 3.46. The van der Waals surface area contributed by atoms with Gasteiger partial charge in [-0.15, -0.1) is 22.9 Å². The minimum absolute atomic E-state index is 0.240. The summed E-state index contributed by atoms with van der Waals surface area (Å²) in [6.07, 6.45) is 0.963. The summed E-state index contributed by atoms with van der Waals surface area (Å²) in [7, 11) is -1.78. The Hall–Kier alpha value is -0.100. The van der Waals surface area contributed by atoms with Crippen LogP contribution >= 0.6 is 22.9 Å². The van der Waals surface area contributed by atoms with Gasteiger partial charge in [0.25, 0.3) is 0 Å². The fourth-order valence-corrected chi connectivity index (χ4v) is 5.04. The minimum atomic E-state index is -3.41. The Morgan fingerprint density at radius 2 is 2.11 bits per heavy atom. The van der Waals surface area contributed by atoms with Crippen molar-refractivity contribution in [1.82, 2.24) is 4.31 Å². The molecule has 18 heavy (non-hydrogen) atoms. The molecule has 0 saturated heterocycles. The molecule has 0 aromatic carbocycles. The Kier molecular flexibility index (Phi) is 5.65. The average molecular weight is 310 g/mol. The standard InChI is InChI=1S/C12H20ClNO2S2/c1-5-9(2)7-14(4)18(15,16)12-10(3)8-17-11(12)6-13/h8-9H,5-7H2,1-4H3. The molecule has 0 saturated carbocycles. The summed E-state index contributed by atoms with van der Waals surface area (Å²) in [5.41, 5.74) is 0.784. The van der Waals surface area contributed by atoms with Crippen molar-refractivity contribution < 1.29 is 8.42 Å². The molecule has 1 atom stereocenters. The molecule has 0 bridgehead atoms. The van der Waals surface area contributed by atoms with Crippen molar-refractivity contribution in [1.29, 1.82) is 0 Å². The lowest BCUT2D eigenvalue weighted by atomic mass is 10.1. The molecule has 1 rings (SSSR count). The quantitative estimate of drug-likeness (QED) is 0.755. The molecule has 0 fully saturated rings. The van der Waals surface area contributed by atoms with E-state index in [2.05, 4.69) is 13.8 Å². The first-order valence-electron chi connectivity index (χ1n) is 5.93. The summed E-state index contributed by atoms with van der Waals surface area (Å²) in [4.78, 5) is 1.12. The number of alkyl halides is 1. The molecule has 0 spiro atoms. The lowest BCUT2D eigenvalue weighted by molar-refractivity contribution is 0.393. The summed E-state index contributed by atoms with van der Waals surface area (Å²) in [5.74, 6) is 0.590. The number of hydrogen-bond acceptors (Lipinski definition) is 3. The van der Waals surface area contributed by atoms with E-state index in [4.69, 9.17) is 11.6 Å². The average Bonchev–Trinajstić information content (AvgIpc) is 2.70. The molecule has 0 aliphatic carbocycles. The van der Waals surface area contributed by atoms with Crippen molar-refractivity contribution >= 4 is 33.0 Å². The molecule has 1 aromatic heterocycles. The van der Waals surface area contributed by atoms with Gasteiger partial charge in [-0.3, -0.25) is 0 Å². The molecule has 3 nitrogen and oxygen atoms in total. The Labute approximate surface area is 119 Å². The molecular weight excluding hydrogens is 290 g/mol. The fraction of sp³-hybridized carbons (Fsp3) is 0.667. The number of halogens is 1. The lowest BCUT2D eigenvalue weighted by Gasteiger charge is -2.21. The van der Waals surface area contributed by atoms with E-state index in [0.717, 1.165) is 16.9 Å². The number of sulfonamides is 1. The van der Waals surface area contributed by atoms with Crippen LogP contribution in [-0.2, 0) is 15.9 Å². The number of aryl methyl sites for hydroxylation is 1. The Morgan fingerprint density at radius 3 is 2.61 bits per heavy atom. The molecule has 104 valence electrons. The van der Waals surface area contributed by atoms with E-state index in [1.807, 2.05) is 12.3 Å². The van der Waals surface area contributed by atoms with Gasteiger partial charge >= 0.3 is 0 Å². The highest BCUT2D eigenvalue weighted by molar-refractivity contribution is 7.89. The first-order chi connectivity index (χ1) is 8.34. The van der Waals surface area contributed by atoms with Crippen LogP contribution in [-0.4, -0.2) is 26.3 Å². The Bertz CT molecular complexity index is 496. The van der Waals surface area contributed by atoms with Crippen molar-refractivity contribution in [2.45, 2.75) is 38.0 Å². The van der Waals surface area contributed by atoms with Gasteiger partial charge in [-0.25, -0.2) is 12.7 Å². The van der Waals surface area contributed by atoms with Crippen molar-refractivity contribution in [3.05, 3.63) is 15.8 Å². The van der Waals surface area contributed by atoms with E-state index in [-0.39, 0.29) is 5.88 Å². The first-order valence-corrected chi connectivity index (χ1v) is 8.79. The maximum atomic E-state index is 12.5. The topological polar surface area (TPSA) is 37.4 Å². The van der Waals surface area contributed by atoms with E-state index < -0.39 is 10.0 Å². The molecule has 0 aliphatic rings. The van der Waals surface area contributed by atoms with Gasteiger partial charge < -0.3 is 0 Å². The largest absolute Gasteiger partial charge is 0.244 e. The van der Waals surface area contributed by atoms with Gasteiger partial charge in [0.15, 0.2) is 0 Å². The summed E-state index contributed by atoms with van der Waals surface area (Å²) in [5, 5.41) is 1.85. The van der Waals surface area contributed by atoms with Gasteiger partial charge in [-0.1, -0.05) is 20.3 Å². The van der Waals surface area contributed by atoms with Crippen LogP contribution in [0.25, 0.3) is 0 Å². The highest BCUT2D eigenvalue weighted by Crippen LogP contribution is 2.30. The van der Waals surface area contributed by atoms with E-state index in [1.165, 1.54) is 15.6 Å². The molecule has 1 aromatic rings. The summed E-state index contributed by atoms with van der Waals surface area (Å²) >= 11 is 7.22. The lowest BCUT2D eigenvalue weighted by Crippen LogP contribution is -2.31. The fourth-order valence-electron chi connectivity index (χ4n) is 1.75. The SMILES string of the molecule is CCC(C)CN(C)S(=O)(=O)c1c(C)csc1CCl. The maximum absolute atomic E-state index is 12.5. The zero-order valence-electron chi connectivity index (χ0n) is 11.2. The van der Waals surface area contributed by atoms with E-state index in [0.29, 0.717) is 17.4 Å². The summed E-state index contributed by atoms with van der Waals surface area (Å²) in [6.45, 7) is 6.46. The Balaban J connectivity index is 3.09. The molecule has 1 unspecified atom stereocenters. The Morgan fingerprint density at radius 1 is 1.50 bits per heavy atom. The number of thiophene rings is 1. The maximum Gasteiger partial charge on any atom is 0.244 e. The van der Waals surface area contributed by atoms with Crippen molar-refractivity contribution in [2.75, 3.05) is 13.6 Å². The monoisotopic (exact) mass is 309 g/mol. The van der Waals surface area contributed by atoms with Gasteiger partial charge in [-0.2, -0.15) is 0 Å². The summed E-state index contributed by atoms with van der Waals surface area (Å²) < 4.78 is 26.5. The zero-order chi connectivity index (χ0) is 13.9. The minimum Gasteiger partial charge on any atom is -0.207 e. The van der Waals surface area contributed by atoms with E-state index in [1.54, 1.807) is 7.05 Å². The van der Waals surface area contributed by atoms with Crippen LogP contribution in [0.3, 0.4) is 0 Å². The molecule has 0 amide bonds. The van der Waals surface area contributed by atoms with Crippen LogP contribution in [0.5, 0.6) is 0 Å². The van der Waals surface area contributed by atoms with Gasteiger partial charge in [-0.05, 0) is 23.8 Å². The van der Waals surface area contributed by atoms with Crippen LogP contribution in [0.15, 0.2) is 10.3 Å². The van der Waals surface area contributed by atoms with Gasteiger partial charge in [0.1, 0.15) is 4.90 Å². The zero-order valence-corrected chi connectivity index (χ0v) is 13.6. The number of hydrogen-bond donors (Lipinski definition) is 0. The van der Waals surface area contributed by atoms with Crippen LogP contribution in [0.4, 0.5) is 0 Å². The molecule has 1 heterocycles. The third kappa shape index (κ3) is 3.26. The smallest absolute Gasteiger partial charge is 0.207 e. The predicted molar refractivity (Wildman–Crippen MR) is 77.9 cm³/mol. The van der Waals surface area contributed by atoms with Crippen molar-refractivity contribution in [3.8, 4) is 0 Å². The van der Waals surface area contributed by atoms with Crippen molar-refractivity contribution in [3.63, 3.8) is 0 Å².